The van der Waals surface area contributed by atoms with Gasteiger partial charge in [-0.2, -0.15) is 4.31 Å². The van der Waals surface area contributed by atoms with E-state index in [1.165, 1.54) is 16.4 Å². The molecular weight excluding hydrogens is 452 g/mol. The molecular formula is C22H24N2O8S. The second-order valence-electron chi connectivity index (χ2n) is 7.53. The van der Waals surface area contributed by atoms with Crippen molar-refractivity contribution < 1.29 is 37.0 Å². The number of nitrogens with zero attached hydrogens (tertiary/aromatic N) is 1. The molecule has 10 nitrogen and oxygen atoms in total. The van der Waals surface area contributed by atoms with Gasteiger partial charge in [-0.25, -0.2) is 13.2 Å². The lowest BCUT2D eigenvalue weighted by Crippen LogP contribution is -2.40. The Labute approximate surface area is 191 Å². The normalized spacial score (nSPS) is 15.8. The number of nitrogens with one attached hydrogen (secondary N) is 1. The fourth-order valence-corrected chi connectivity index (χ4v) is 4.86. The van der Waals surface area contributed by atoms with Gasteiger partial charge in [0.2, 0.25) is 16.8 Å². The van der Waals surface area contributed by atoms with Crippen LogP contribution in [0.5, 0.6) is 11.5 Å². The van der Waals surface area contributed by atoms with Crippen molar-refractivity contribution in [1.82, 2.24) is 9.62 Å². The van der Waals surface area contributed by atoms with E-state index in [9.17, 15) is 18.0 Å². The number of rotatable bonds is 7. The molecule has 11 heteroatoms. The van der Waals surface area contributed by atoms with Crippen LogP contribution >= 0.6 is 0 Å². The number of amides is 1. The van der Waals surface area contributed by atoms with Gasteiger partial charge in [0.15, 0.2) is 18.1 Å². The molecule has 0 atom stereocenters. The Bertz CT molecular complexity index is 1160. The molecule has 2 aromatic rings. The van der Waals surface area contributed by atoms with Crippen LogP contribution in [-0.2, 0) is 30.8 Å². The van der Waals surface area contributed by atoms with Crippen LogP contribution in [0.3, 0.4) is 0 Å². The van der Waals surface area contributed by atoms with Gasteiger partial charge in [0.1, 0.15) is 0 Å². The average Bonchev–Trinajstić information content (AvgIpc) is 3.30. The van der Waals surface area contributed by atoms with Crippen molar-refractivity contribution in [2.45, 2.75) is 18.4 Å². The third-order valence-corrected chi connectivity index (χ3v) is 7.19. The van der Waals surface area contributed by atoms with Gasteiger partial charge >= 0.3 is 5.97 Å². The molecule has 4 rings (SSSR count). The summed E-state index contributed by atoms with van der Waals surface area (Å²) in [6.07, 6.45) is 0. The first-order chi connectivity index (χ1) is 15.8. The highest BCUT2D eigenvalue weighted by Gasteiger charge is 2.27. The number of carbonyl (C=O) groups excluding carboxylic acids is 2. The van der Waals surface area contributed by atoms with Crippen molar-refractivity contribution in [2.24, 2.45) is 0 Å². The van der Waals surface area contributed by atoms with Crippen molar-refractivity contribution >= 4 is 21.9 Å². The minimum atomic E-state index is -3.76. The molecule has 0 spiro atoms. The predicted octanol–water partition coefficient (Wildman–Crippen LogP) is 1.22. The van der Waals surface area contributed by atoms with Gasteiger partial charge in [0.05, 0.1) is 23.7 Å². The van der Waals surface area contributed by atoms with E-state index in [4.69, 9.17) is 18.9 Å². The number of esters is 1. The smallest absolute Gasteiger partial charge is 0.338 e. The summed E-state index contributed by atoms with van der Waals surface area (Å²) >= 11 is 0. The number of hydrogen-bond acceptors (Lipinski definition) is 8. The predicted molar refractivity (Wildman–Crippen MR) is 115 cm³/mol. The second kappa shape index (κ2) is 9.77. The molecule has 0 saturated carbocycles. The Hall–Kier alpha value is -3.15. The van der Waals surface area contributed by atoms with E-state index in [-0.39, 0.29) is 36.9 Å². The summed E-state index contributed by atoms with van der Waals surface area (Å²) in [5.41, 5.74) is 1.44. The van der Waals surface area contributed by atoms with Crippen molar-refractivity contribution in [3.8, 4) is 11.5 Å². The highest BCUT2D eigenvalue weighted by atomic mass is 32.2. The fraction of sp³-hybridized carbons (Fsp3) is 0.364. The van der Waals surface area contributed by atoms with E-state index in [1.807, 2.05) is 0 Å². The van der Waals surface area contributed by atoms with Gasteiger partial charge in [-0.05, 0) is 42.3 Å². The van der Waals surface area contributed by atoms with Crippen LogP contribution < -0.4 is 14.8 Å². The van der Waals surface area contributed by atoms with Gasteiger partial charge in [-0.1, -0.05) is 12.1 Å². The Morgan fingerprint density at radius 2 is 1.82 bits per heavy atom. The molecule has 0 bridgehead atoms. The fourth-order valence-electron chi connectivity index (χ4n) is 3.43. The van der Waals surface area contributed by atoms with E-state index in [0.717, 1.165) is 5.56 Å². The molecule has 1 N–H and O–H groups in total. The van der Waals surface area contributed by atoms with Crippen LogP contribution in [0.1, 0.15) is 21.5 Å². The zero-order valence-corrected chi connectivity index (χ0v) is 18.9. The lowest BCUT2D eigenvalue weighted by Gasteiger charge is -2.26. The van der Waals surface area contributed by atoms with E-state index in [1.54, 1.807) is 31.2 Å². The Morgan fingerprint density at radius 1 is 1.06 bits per heavy atom. The first kappa shape index (κ1) is 23.0. The molecule has 0 radical (unpaired) electrons. The van der Waals surface area contributed by atoms with Crippen LogP contribution in [0.25, 0.3) is 0 Å². The van der Waals surface area contributed by atoms with Crippen molar-refractivity contribution in [2.75, 3.05) is 39.7 Å². The largest absolute Gasteiger partial charge is 0.454 e. The number of morpholine rings is 1. The first-order valence-corrected chi connectivity index (χ1v) is 11.8. The maximum Gasteiger partial charge on any atom is 0.338 e. The zero-order valence-electron chi connectivity index (χ0n) is 18.0. The number of sulfonamides is 1. The zero-order chi connectivity index (χ0) is 23.4. The molecule has 1 amide bonds. The first-order valence-electron chi connectivity index (χ1n) is 10.4. The van der Waals surface area contributed by atoms with Gasteiger partial charge in [-0.3, -0.25) is 4.79 Å². The number of ether oxygens (including phenoxy) is 4. The molecule has 33 heavy (non-hydrogen) atoms. The molecule has 1 saturated heterocycles. The lowest BCUT2D eigenvalue weighted by molar-refractivity contribution is -0.124. The molecule has 0 aliphatic carbocycles. The van der Waals surface area contributed by atoms with E-state index in [2.05, 4.69) is 5.32 Å². The molecule has 2 aliphatic rings. The summed E-state index contributed by atoms with van der Waals surface area (Å²) in [7, 11) is -3.76. The molecule has 0 unspecified atom stereocenters. The highest BCUT2D eigenvalue weighted by Crippen LogP contribution is 2.32. The topological polar surface area (TPSA) is 120 Å². The molecule has 2 heterocycles. The maximum atomic E-state index is 12.9. The SMILES string of the molecule is Cc1ccc(S(=O)(=O)N2CCOCC2)cc1C(=O)OCC(=O)NCc1ccc2c(c1)OCO2. The number of carbonyl (C=O) groups is 2. The Kier molecular flexibility index (Phi) is 6.82. The Morgan fingerprint density at radius 3 is 2.61 bits per heavy atom. The summed E-state index contributed by atoms with van der Waals surface area (Å²) in [6, 6.07) is 9.60. The van der Waals surface area contributed by atoms with Crippen molar-refractivity contribution in [3.63, 3.8) is 0 Å². The number of fused-ring (bicyclic) bond motifs is 1. The van der Waals surface area contributed by atoms with E-state index >= 15 is 0 Å². The quantitative estimate of drug-likeness (QED) is 0.593. The summed E-state index contributed by atoms with van der Waals surface area (Å²) in [5.74, 6) is -0.0108. The summed E-state index contributed by atoms with van der Waals surface area (Å²) in [5, 5.41) is 2.66. The number of aryl methyl sites for hydroxylation is 1. The maximum absolute atomic E-state index is 12.9. The van der Waals surface area contributed by atoms with Crippen molar-refractivity contribution in [1.29, 1.82) is 0 Å². The molecule has 2 aliphatic heterocycles. The van der Waals surface area contributed by atoms with Gasteiger partial charge in [-0.15, -0.1) is 0 Å². The lowest BCUT2D eigenvalue weighted by atomic mass is 10.1. The molecule has 1 fully saturated rings. The van der Waals surface area contributed by atoms with Crippen molar-refractivity contribution in [3.05, 3.63) is 53.1 Å². The third-order valence-electron chi connectivity index (χ3n) is 5.30. The summed E-state index contributed by atoms with van der Waals surface area (Å²) in [4.78, 5) is 24.7. The summed E-state index contributed by atoms with van der Waals surface area (Å²) < 4.78 is 47.9. The van der Waals surface area contributed by atoms with Crippen LogP contribution in [0.15, 0.2) is 41.3 Å². The molecule has 176 valence electrons. The van der Waals surface area contributed by atoms with Gasteiger partial charge < -0.3 is 24.3 Å². The van der Waals surface area contributed by atoms with Gasteiger partial charge in [0, 0.05) is 19.6 Å². The van der Waals surface area contributed by atoms with Crippen LogP contribution in [0.4, 0.5) is 0 Å². The standard InChI is InChI=1S/C22H24N2O8S/c1-15-2-4-17(33(27,28)24-6-8-29-9-7-24)11-18(15)22(26)30-13-21(25)23-12-16-3-5-19-20(10-16)32-14-31-19/h2-5,10-11H,6-9,12-14H2,1H3,(H,23,25). The number of benzene rings is 2. The molecule has 2 aromatic carbocycles. The van der Waals surface area contributed by atoms with E-state index < -0.39 is 28.5 Å². The van der Waals surface area contributed by atoms with E-state index in [0.29, 0.717) is 30.3 Å². The average molecular weight is 477 g/mol. The minimum absolute atomic E-state index is 0.00536. The third kappa shape index (κ3) is 5.27. The number of hydrogen-bond donors (Lipinski definition) is 1. The second-order valence-corrected chi connectivity index (χ2v) is 9.47. The Balaban J connectivity index is 1.35. The van der Waals surface area contributed by atoms with Crippen LogP contribution in [0, 0.1) is 6.92 Å². The molecule has 0 aromatic heterocycles. The monoisotopic (exact) mass is 476 g/mol. The van der Waals surface area contributed by atoms with Gasteiger partial charge in [0.25, 0.3) is 5.91 Å². The highest BCUT2D eigenvalue weighted by molar-refractivity contribution is 7.89. The van der Waals surface area contributed by atoms with Crippen LogP contribution in [0.2, 0.25) is 0 Å². The van der Waals surface area contributed by atoms with Crippen LogP contribution in [-0.4, -0.2) is 64.3 Å². The summed E-state index contributed by atoms with van der Waals surface area (Å²) in [6.45, 7) is 2.70. The minimum Gasteiger partial charge on any atom is -0.454 e.